The maximum absolute atomic E-state index is 12.0. The first-order chi connectivity index (χ1) is 14.4. The number of aromatic nitrogens is 1. The van der Waals surface area contributed by atoms with Crippen LogP contribution in [-0.4, -0.2) is 51.7 Å². The molecule has 0 aliphatic carbocycles. The van der Waals surface area contributed by atoms with Gasteiger partial charge in [-0.05, 0) is 55.0 Å². The van der Waals surface area contributed by atoms with Crippen molar-refractivity contribution in [3.63, 3.8) is 0 Å². The van der Waals surface area contributed by atoms with Gasteiger partial charge in [-0.15, -0.1) is 0 Å². The van der Waals surface area contributed by atoms with Crippen LogP contribution in [0.3, 0.4) is 0 Å². The number of pyridine rings is 1. The molecule has 2 aliphatic rings. The lowest BCUT2D eigenvalue weighted by atomic mass is 9.91. The average molecular weight is 429 g/mol. The average Bonchev–Trinajstić information content (AvgIpc) is 2.76. The molecule has 1 aromatic heterocycles. The number of hydrogen-bond donors (Lipinski definition) is 1. The quantitative estimate of drug-likeness (QED) is 0.764. The summed E-state index contributed by atoms with van der Waals surface area (Å²) in [6.45, 7) is 3.54. The molecule has 0 spiro atoms. The van der Waals surface area contributed by atoms with Gasteiger partial charge in [-0.3, -0.25) is 9.78 Å². The van der Waals surface area contributed by atoms with E-state index in [1.54, 1.807) is 11.8 Å². The van der Waals surface area contributed by atoms with Crippen molar-refractivity contribution in [1.29, 1.82) is 0 Å². The first-order valence-electron chi connectivity index (χ1n) is 10.5. The predicted molar refractivity (Wildman–Crippen MR) is 119 cm³/mol. The number of nitrogens with zero attached hydrogens (tertiary/aromatic N) is 3. The molecule has 0 atom stereocenters. The van der Waals surface area contributed by atoms with Crippen molar-refractivity contribution in [2.75, 3.05) is 42.2 Å². The molecule has 0 saturated carbocycles. The van der Waals surface area contributed by atoms with Gasteiger partial charge in [0, 0.05) is 50.6 Å². The summed E-state index contributed by atoms with van der Waals surface area (Å²) in [6, 6.07) is 6.28. The SMILES string of the molecule is CCS(=O)(=O)NCCN1CCCc2c(-c3ccc4c(c3)CCC(=O)N4C)cncc21. The lowest BCUT2D eigenvalue weighted by molar-refractivity contribution is -0.118. The zero-order valence-electron chi connectivity index (χ0n) is 17.5. The maximum atomic E-state index is 12.0. The number of aryl methyl sites for hydroxylation is 1. The molecule has 160 valence electrons. The third-order valence-corrected chi connectivity index (χ3v) is 7.45. The van der Waals surface area contributed by atoms with Crippen LogP contribution in [0, 0.1) is 0 Å². The van der Waals surface area contributed by atoms with E-state index in [4.69, 9.17) is 0 Å². The summed E-state index contributed by atoms with van der Waals surface area (Å²) in [4.78, 5) is 20.4. The van der Waals surface area contributed by atoms with Gasteiger partial charge in [0.05, 0.1) is 17.6 Å². The summed E-state index contributed by atoms with van der Waals surface area (Å²) < 4.78 is 26.1. The first-order valence-corrected chi connectivity index (χ1v) is 12.1. The van der Waals surface area contributed by atoms with Crippen molar-refractivity contribution in [1.82, 2.24) is 9.71 Å². The Hall–Kier alpha value is -2.45. The fraction of sp³-hybridized carbons (Fsp3) is 0.455. The summed E-state index contributed by atoms with van der Waals surface area (Å²) in [5.41, 5.74) is 6.75. The van der Waals surface area contributed by atoms with E-state index in [0.29, 0.717) is 19.5 Å². The van der Waals surface area contributed by atoms with Crippen LogP contribution in [0.5, 0.6) is 0 Å². The highest BCUT2D eigenvalue weighted by Crippen LogP contribution is 2.37. The maximum Gasteiger partial charge on any atom is 0.227 e. The van der Waals surface area contributed by atoms with Gasteiger partial charge in [-0.2, -0.15) is 0 Å². The largest absolute Gasteiger partial charge is 0.369 e. The third kappa shape index (κ3) is 4.06. The van der Waals surface area contributed by atoms with Gasteiger partial charge in [0.1, 0.15) is 0 Å². The lowest BCUT2D eigenvalue weighted by Crippen LogP contribution is -2.38. The van der Waals surface area contributed by atoms with E-state index in [1.807, 2.05) is 25.5 Å². The number of anilines is 2. The zero-order valence-corrected chi connectivity index (χ0v) is 18.3. The Morgan fingerprint density at radius 1 is 1.13 bits per heavy atom. The Labute approximate surface area is 178 Å². The minimum atomic E-state index is -3.19. The van der Waals surface area contributed by atoms with Gasteiger partial charge in [0.2, 0.25) is 15.9 Å². The Balaban J connectivity index is 1.61. The molecule has 2 aliphatic heterocycles. The number of amides is 1. The standard InChI is InChI=1S/C22H28N4O3S/c1-3-30(28,29)24-10-12-26-11-4-5-18-19(14-23-15-21(18)26)16-6-8-20-17(13-16)7-9-22(27)25(20)2/h6,8,13-15,24H,3-5,7,9-12H2,1-2H3. The van der Waals surface area contributed by atoms with E-state index in [1.165, 1.54) is 11.1 Å². The van der Waals surface area contributed by atoms with E-state index in [0.717, 1.165) is 48.3 Å². The number of fused-ring (bicyclic) bond motifs is 2. The van der Waals surface area contributed by atoms with Crippen molar-refractivity contribution in [3.8, 4) is 11.1 Å². The number of benzene rings is 1. The fourth-order valence-corrected chi connectivity index (χ4v) is 4.93. The molecule has 0 unspecified atom stereocenters. The van der Waals surface area contributed by atoms with Gasteiger partial charge in [0.25, 0.3) is 0 Å². The summed E-state index contributed by atoms with van der Waals surface area (Å²) in [5.74, 6) is 0.248. The summed E-state index contributed by atoms with van der Waals surface area (Å²) in [5, 5.41) is 0. The Kier molecular flexibility index (Phi) is 5.79. The molecule has 0 fully saturated rings. The normalized spacial score (nSPS) is 16.4. The second-order valence-corrected chi connectivity index (χ2v) is 9.96. The Morgan fingerprint density at radius 3 is 2.77 bits per heavy atom. The first kappa shape index (κ1) is 20.8. The van der Waals surface area contributed by atoms with Crippen LogP contribution < -0.4 is 14.5 Å². The predicted octanol–water partition coefficient (Wildman–Crippen LogP) is 2.35. The van der Waals surface area contributed by atoms with E-state index in [2.05, 4.69) is 26.7 Å². The molecular weight excluding hydrogens is 400 g/mol. The lowest BCUT2D eigenvalue weighted by Gasteiger charge is -2.32. The van der Waals surface area contributed by atoms with Crippen molar-refractivity contribution < 1.29 is 13.2 Å². The van der Waals surface area contributed by atoms with E-state index in [9.17, 15) is 13.2 Å². The topological polar surface area (TPSA) is 82.6 Å². The highest BCUT2D eigenvalue weighted by Gasteiger charge is 2.24. The van der Waals surface area contributed by atoms with Gasteiger partial charge in [-0.25, -0.2) is 13.1 Å². The van der Waals surface area contributed by atoms with Gasteiger partial charge >= 0.3 is 0 Å². The monoisotopic (exact) mass is 428 g/mol. The van der Waals surface area contributed by atoms with Gasteiger partial charge in [0.15, 0.2) is 0 Å². The number of rotatable bonds is 6. The minimum absolute atomic E-state index is 0.0917. The molecule has 1 N–H and O–H groups in total. The molecule has 7 nitrogen and oxygen atoms in total. The van der Waals surface area contributed by atoms with Crippen LogP contribution in [0.15, 0.2) is 30.6 Å². The van der Waals surface area contributed by atoms with Crippen molar-refractivity contribution in [3.05, 3.63) is 41.7 Å². The molecule has 0 radical (unpaired) electrons. The van der Waals surface area contributed by atoms with Crippen molar-refractivity contribution >= 4 is 27.3 Å². The van der Waals surface area contributed by atoms with E-state index >= 15 is 0 Å². The smallest absolute Gasteiger partial charge is 0.227 e. The van der Waals surface area contributed by atoms with Crippen LogP contribution in [-0.2, 0) is 27.7 Å². The molecule has 3 heterocycles. The highest BCUT2D eigenvalue weighted by molar-refractivity contribution is 7.89. The summed E-state index contributed by atoms with van der Waals surface area (Å²) in [7, 11) is -1.36. The van der Waals surface area contributed by atoms with Crippen LogP contribution in [0.25, 0.3) is 11.1 Å². The molecule has 1 aromatic carbocycles. The third-order valence-electron chi connectivity index (χ3n) is 6.05. The molecular formula is C22H28N4O3S. The van der Waals surface area contributed by atoms with Gasteiger partial charge in [-0.1, -0.05) is 6.07 Å². The molecule has 30 heavy (non-hydrogen) atoms. The number of carbonyl (C=O) groups is 1. The van der Waals surface area contributed by atoms with Crippen LogP contribution in [0.2, 0.25) is 0 Å². The molecule has 0 bridgehead atoms. The van der Waals surface area contributed by atoms with Crippen LogP contribution >= 0.6 is 0 Å². The second-order valence-electron chi connectivity index (χ2n) is 7.87. The fourth-order valence-electron chi connectivity index (χ4n) is 4.32. The van der Waals surface area contributed by atoms with Gasteiger partial charge < -0.3 is 9.80 Å². The minimum Gasteiger partial charge on any atom is -0.369 e. The number of nitrogens with one attached hydrogen (secondary N) is 1. The second kappa shape index (κ2) is 8.35. The molecule has 0 saturated heterocycles. The van der Waals surface area contributed by atoms with E-state index < -0.39 is 10.0 Å². The van der Waals surface area contributed by atoms with E-state index in [-0.39, 0.29) is 11.7 Å². The Bertz CT molecular complexity index is 1070. The van der Waals surface area contributed by atoms with Crippen molar-refractivity contribution in [2.45, 2.75) is 32.6 Å². The summed E-state index contributed by atoms with van der Waals surface area (Å²) >= 11 is 0. The molecule has 1 amide bonds. The number of hydrogen-bond acceptors (Lipinski definition) is 5. The number of carbonyl (C=O) groups excluding carboxylic acids is 1. The number of sulfonamides is 1. The highest BCUT2D eigenvalue weighted by atomic mass is 32.2. The molecule has 8 heteroatoms. The Morgan fingerprint density at radius 2 is 1.97 bits per heavy atom. The van der Waals surface area contributed by atoms with Crippen LogP contribution in [0.4, 0.5) is 11.4 Å². The van der Waals surface area contributed by atoms with Crippen molar-refractivity contribution in [2.24, 2.45) is 0 Å². The zero-order chi connectivity index (χ0) is 21.3. The molecule has 2 aromatic rings. The summed E-state index contributed by atoms with van der Waals surface area (Å²) in [6.07, 6.45) is 7.10. The molecule has 4 rings (SSSR count). The van der Waals surface area contributed by atoms with Crippen LogP contribution in [0.1, 0.15) is 30.9 Å².